The topological polar surface area (TPSA) is 20.2 Å². The molecule has 0 saturated carbocycles. The SMILES string of the molecule is OC1C#C/C=C\C#CCCC1. The highest BCUT2D eigenvalue weighted by molar-refractivity contribution is 5.26. The largest absolute Gasteiger partial charge is 0.380 e. The molecule has 11 heavy (non-hydrogen) atoms. The van der Waals surface area contributed by atoms with Crippen molar-refractivity contribution in [2.45, 2.75) is 25.4 Å². The van der Waals surface area contributed by atoms with Crippen LogP contribution in [0.5, 0.6) is 0 Å². The third kappa shape index (κ3) is 3.50. The molecule has 0 saturated heterocycles. The fourth-order valence-electron chi connectivity index (χ4n) is 0.815. The molecule has 1 heteroatoms. The molecule has 0 aromatic rings. The molecule has 0 aromatic heterocycles. The molecule has 1 aliphatic carbocycles. The van der Waals surface area contributed by atoms with Crippen LogP contribution < -0.4 is 0 Å². The molecular weight excluding hydrogens is 136 g/mol. The van der Waals surface area contributed by atoms with Crippen LogP contribution >= 0.6 is 0 Å². The monoisotopic (exact) mass is 146 g/mol. The number of rotatable bonds is 0. The molecule has 0 spiro atoms. The van der Waals surface area contributed by atoms with Crippen LogP contribution in [0, 0.1) is 23.7 Å². The van der Waals surface area contributed by atoms with Gasteiger partial charge in [0.05, 0.1) is 0 Å². The summed E-state index contributed by atoms with van der Waals surface area (Å²) in [5, 5.41) is 9.18. The van der Waals surface area contributed by atoms with Crippen LogP contribution in [-0.2, 0) is 0 Å². The van der Waals surface area contributed by atoms with E-state index in [1.165, 1.54) is 0 Å². The van der Waals surface area contributed by atoms with Gasteiger partial charge < -0.3 is 5.11 Å². The second-order valence-electron chi connectivity index (χ2n) is 2.35. The lowest BCUT2D eigenvalue weighted by molar-refractivity contribution is 0.219. The summed E-state index contributed by atoms with van der Waals surface area (Å²) in [5.74, 6) is 11.2. The molecule has 0 radical (unpaired) electrons. The molecule has 0 amide bonds. The van der Waals surface area contributed by atoms with E-state index in [9.17, 15) is 5.11 Å². The maximum absolute atomic E-state index is 9.18. The quantitative estimate of drug-likeness (QED) is 0.507. The Morgan fingerprint density at radius 2 is 2.09 bits per heavy atom. The van der Waals surface area contributed by atoms with Crippen LogP contribution in [0.2, 0.25) is 0 Å². The molecule has 0 aliphatic heterocycles. The van der Waals surface area contributed by atoms with E-state index in [1.54, 1.807) is 12.2 Å². The molecule has 0 fully saturated rings. The lowest BCUT2D eigenvalue weighted by atomic mass is 10.1. The first-order valence-electron chi connectivity index (χ1n) is 3.72. The summed E-state index contributed by atoms with van der Waals surface area (Å²) in [4.78, 5) is 0. The molecule has 1 atom stereocenters. The van der Waals surface area contributed by atoms with Crippen molar-refractivity contribution < 1.29 is 5.11 Å². The molecule has 1 nitrogen and oxygen atoms in total. The average Bonchev–Trinajstić information content (AvgIpc) is 2.03. The molecule has 0 heterocycles. The molecule has 0 aromatic carbocycles. The van der Waals surface area contributed by atoms with Crippen molar-refractivity contribution in [1.29, 1.82) is 0 Å². The van der Waals surface area contributed by atoms with Crippen molar-refractivity contribution in [1.82, 2.24) is 0 Å². The Labute approximate surface area is 67.1 Å². The summed E-state index contributed by atoms with van der Waals surface area (Å²) in [7, 11) is 0. The van der Waals surface area contributed by atoms with E-state index in [1.807, 2.05) is 0 Å². The number of hydrogen-bond acceptors (Lipinski definition) is 1. The number of allylic oxidation sites excluding steroid dienone is 2. The zero-order valence-electron chi connectivity index (χ0n) is 6.30. The van der Waals surface area contributed by atoms with Gasteiger partial charge >= 0.3 is 0 Å². The van der Waals surface area contributed by atoms with Gasteiger partial charge in [-0.15, -0.1) is 0 Å². The highest BCUT2D eigenvalue weighted by atomic mass is 16.3. The van der Waals surface area contributed by atoms with E-state index in [0.29, 0.717) is 0 Å². The van der Waals surface area contributed by atoms with E-state index in [-0.39, 0.29) is 0 Å². The first-order chi connectivity index (χ1) is 5.39. The Bertz CT molecular complexity index is 254. The number of aliphatic hydroxyl groups is 1. The lowest BCUT2D eigenvalue weighted by Crippen LogP contribution is -2.01. The molecular formula is C10H10O. The van der Waals surface area contributed by atoms with Crippen LogP contribution in [0.15, 0.2) is 12.2 Å². The Balaban J connectivity index is 2.59. The first kappa shape index (κ1) is 7.92. The van der Waals surface area contributed by atoms with Crippen LogP contribution in [0.1, 0.15) is 19.3 Å². The minimum absolute atomic E-state index is 0.473. The molecule has 56 valence electrons. The van der Waals surface area contributed by atoms with Crippen molar-refractivity contribution in [2.75, 3.05) is 0 Å². The normalized spacial score (nSPS) is 25.4. The Morgan fingerprint density at radius 3 is 3.00 bits per heavy atom. The van der Waals surface area contributed by atoms with Gasteiger partial charge in [-0.3, -0.25) is 0 Å². The fourth-order valence-corrected chi connectivity index (χ4v) is 0.815. The second-order valence-corrected chi connectivity index (χ2v) is 2.35. The van der Waals surface area contributed by atoms with Gasteiger partial charge in [-0.2, -0.15) is 0 Å². The van der Waals surface area contributed by atoms with Crippen molar-refractivity contribution in [3.63, 3.8) is 0 Å². The van der Waals surface area contributed by atoms with Gasteiger partial charge in [-0.25, -0.2) is 0 Å². The first-order valence-corrected chi connectivity index (χ1v) is 3.72. The lowest BCUT2D eigenvalue weighted by Gasteiger charge is -1.99. The Kier molecular flexibility index (Phi) is 3.32. The minimum Gasteiger partial charge on any atom is -0.380 e. The Morgan fingerprint density at radius 1 is 1.27 bits per heavy atom. The average molecular weight is 146 g/mol. The summed E-state index contributed by atoms with van der Waals surface area (Å²) in [5.41, 5.74) is 0. The van der Waals surface area contributed by atoms with Gasteiger partial charge in [-0.1, -0.05) is 23.7 Å². The zero-order chi connectivity index (χ0) is 7.94. The van der Waals surface area contributed by atoms with Crippen LogP contribution in [-0.4, -0.2) is 11.2 Å². The second kappa shape index (κ2) is 4.61. The van der Waals surface area contributed by atoms with Gasteiger partial charge in [0, 0.05) is 6.42 Å². The summed E-state index contributed by atoms with van der Waals surface area (Å²) in [6.45, 7) is 0. The van der Waals surface area contributed by atoms with E-state index in [0.717, 1.165) is 19.3 Å². The molecule has 1 aliphatic rings. The van der Waals surface area contributed by atoms with E-state index in [2.05, 4.69) is 23.7 Å². The van der Waals surface area contributed by atoms with Gasteiger partial charge in [0.25, 0.3) is 0 Å². The highest BCUT2D eigenvalue weighted by Crippen LogP contribution is 1.99. The fraction of sp³-hybridized carbons (Fsp3) is 0.400. The van der Waals surface area contributed by atoms with E-state index >= 15 is 0 Å². The summed E-state index contributed by atoms with van der Waals surface area (Å²) >= 11 is 0. The third-order valence-corrected chi connectivity index (χ3v) is 1.38. The molecule has 1 rings (SSSR count). The van der Waals surface area contributed by atoms with Crippen LogP contribution in [0.25, 0.3) is 0 Å². The van der Waals surface area contributed by atoms with E-state index < -0.39 is 6.10 Å². The highest BCUT2D eigenvalue weighted by Gasteiger charge is 1.96. The number of hydrogen-bond donors (Lipinski definition) is 1. The van der Waals surface area contributed by atoms with Gasteiger partial charge in [0.2, 0.25) is 0 Å². The van der Waals surface area contributed by atoms with Crippen molar-refractivity contribution >= 4 is 0 Å². The summed E-state index contributed by atoms with van der Waals surface area (Å²) in [6.07, 6.45) is 5.42. The molecule has 1 unspecified atom stereocenters. The van der Waals surface area contributed by atoms with Crippen LogP contribution in [0.4, 0.5) is 0 Å². The summed E-state index contributed by atoms with van der Waals surface area (Å²) in [6, 6.07) is 0. The molecule has 1 N–H and O–H groups in total. The summed E-state index contributed by atoms with van der Waals surface area (Å²) < 4.78 is 0. The zero-order valence-corrected chi connectivity index (χ0v) is 6.30. The van der Waals surface area contributed by atoms with Gasteiger partial charge in [0.15, 0.2) is 0 Å². The standard InChI is InChI=1S/C10H10O/c11-10-8-6-4-2-1-3-5-7-9-10/h2,4,10-11H,5,7,9H2/b4-2-. The van der Waals surface area contributed by atoms with Crippen molar-refractivity contribution in [3.8, 4) is 23.7 Å². The van der Waals surface area contributed by atoms with Crippen LogP contribution in [0.3, 0.4) is 0 Å². The molecule has 0 bridgehead atoms. The smallest absolute Gasteiger partial charge is 0.115 e. The van der Waals surface area contributed by atoms with E-state index in [4.69, 9.17) is 0 Å². The van der Waals surface area contributed by atoms with Gasteiger partial charge in [-0.05, 0) is 25.0 Å². The van der Waals surface area contributed by atoms with Crippen molar-refractivity contribution in [3.05, 3.63) is 12.2 Å². The van der Waals surface area contributed by atoms with Crippen molar-refractivity contribution in [2.24, 2.45) is 0 Å². The third-order valence-electron chi connectivity index (χ3n) is 1.38. The maximum atomic E-state index is 9.18. The van der Waals surface area contributed by atoms with Gasteiger partial charge in [0.1, 0.15) is 6.10 Å². The number of aliphatic hydroxyl groups excluding tert-OH is 1. The predicted molar refractivity (Wildman–Crippen MR) is 44.5 cm³/mol. The minimum atomic E-state index is -0.473. The Hall–Kier alpha value is -1.18. The predicted octanol–water partition coefficient (Wildman–Crippen LogP) is 1.09. The maximum Gasteiger partial charge on any atom is 0.115 e.